The van der Waals surface area contributed by atoms with Gasteiger partial charge in [-0.2, -0.15) is 0 Å². The molecule has 0 spiro atoms. The third-order valence-corrected chi connectivity index (χ3v) is 5.78. The molecule has 0 aliphatic carbocycles. The first kappa shape index (κ1) is 20.0. The third kappa shape index (κ3) is 4.25. The Morgan fingerprint density at radius 1 is 0.781 bits per heavy atom. The van der Waals surface area contributed by atoms with Crippen LogP contribution in [-0.2, 0) is 4.79 Å². The number of amides is 1. The lowest BCUT2D eigenvalue weighted by Gasteiger charge is -2.35. The monoisotopic (exact) mass is 424 g/mol. The van der Waals surface area contributed by atoms with Gasteiger partial charge >= 0.3 is 0 Å². The molecular formula is C26H24N4O2. The van der Waals surface area contributed by atoms with Crippen molar-refractivity contribution < 1.29 is 9.53 Å². The first-order chi connectivity index (χ1) is 15.8. The minimum atomic E-state index is 0.00545. The molecule has 1 amide bonds. The smallest absolute Gasteiger partial charge is 0.260 e. The zero-order valence-electron chi connectivity index (χ0n) is 17.7. The van der Waals surface area contributed by atoms with E-state index in [0.29, 0.717) is 18.8 Å². The van der Waals surface area contributed by atoms with E-state index >= 15 is 0 Å². The summed E-state index contributed by atoms with van der Waals surface area (Å²) in [4.78, 5) is 16.5. The number of hydrogen-bond donors (Lipinski definition) is 0. The van der Waals surface area contributed by atoms with E-state index in [0.717, 1.165) is 30.2 Å². The second kappa shape index (κ2) is 9.06. The minimum absolute atomic E-state index is 0.00545. The number of piperazine rings is 1. The third-order valence-electron chi connectivity index (χ3n) is 5.78. The molecule has 5 rings (SSSR count). The molecule has 160 valence electrons. The number of rotatable bonds is 5. The van der Waals surface area contributed by atoms with Gasteiger partial charge in [-0.25, -0.2) is 0 Å². The van der Waals surface area contributed by atoms with Crippen molar-refractivity contribution in [2.75, 3.05) is 37.7 Å². The molecule has 1 aliphatic heterocycles. The van der Waals surface area contributed by atoms with Gasteiger partial charge in [0.05, 0.1) is 5.69 Å². The molecule has 0 radical (unpaired) electrons. The van der Waals surface area contributed by atoms with E-state index < -0.39 is 0 Å². The molecule has 32 heavy (non-hydrogen) atoms. The van der Waals surface area contributed by atoms with Gasteiger partial charge in [0, 0.05) is 31.7 Å². The number of ether oxygens (including phenoxy) is 1. The molecule has 6 heteroatoms. The van der Waals surface area contributed by atoms with Crippen molar-refractivity contribution in [1.29, 1.82) is 0 Å². The first-order valence-corrected chi connectivity index (χ1v) is 10.8. The Morgan fingerprint density at radius 3 is 2.31 bits per heavy atom. The van der Waals surface area contributed by atoms with Gasteiger partial charge in [0.25, 0.3) is 5.91 Å². The first-order valence-electron chi connectivity index (χ1n) is 10.8. The van der Waals surface area contributed by atoms with Crippen molar-refractivity contribution in [3.05, 3.63) is 84.9 Å². The predicted octanol–water partition coefficient (Wildman–Crippen LogP) is 4.02. The fraction of sp³-hybridized carbons (Fsp3) is 0.192. The van der Waals surface area contributed by atoms with E-state index in [2.05, 4.69) is 39.4 Å². The van der Waals surface area contributed by atoms with E-state index in [9.17, 15) is 4.79 Å². The second-order valence-corrected chi connectivity index (χ2v) is 7.77. The number of carbonyl (C=O) groups excluding carboxylic acids is 1. The van der Waals surface area contributed by atoms with Gasteiger partial charge < -0.3 is 14.5 Å². The summed E-state index contributed by atoms with van der Waals surface area (Å²) >= 11 is 0. The van der Waals surface area contributed by atoms with E-state index in [1.807, 2.05) is 65.6 Å². The lowest BCUT2D eigenvalue weighted by Crippen LogP contribution is -2.50. The molecule has 1 aromatic heterocycles. The number of hydrogen-bond acceptors (Lipinski definition) is 5. The number of anilines is 1. The number of aromatic nitrogens is 2. The highest BCUT2D eigenvalue weighted by atomic mass is 16.5. The van der Waals surface area contributed by atoms with E-state index in [-0.39, 0.29) is 12.5 Å². The standard InChI is InChI=1S/C26H24N4O2/c31-26(19-32-21-9-2-1-3-10-21)30-17-15-29(16-18-30)25-14-13-24(27-28-25)23-12-6-8-20-7-4-5-11-22(20)23/h1-14H,15-19H2. The van der Waals surface area contributed by atoms with Gasteiger partial charge in [-0.05, 0) is 35.0 Å². The Hall–Kier alpha value is -3.93. The van der Waals surface area contributed by atoms with Crippen molar-refractivity contribution in [3.8, 4) is 17.0 Å². The van der Waals surface area contributed by atoms with Crippen LogP contribution in [0.5, 0.6) is 5.75 Å². The van der Waals surface area contributed by atoms with Crippen LogP contribution in [0.25, 0.3) is 22.0 Å². The maximum absolute atomic E-state index is 12.5. The molecule has 2 heterocycles. The predicted molar refractivity (Wildman–Crippen MR) is 126 cm³/mol. The summed E-state index contributed by atoms with van der Waals surface area (Å²) in [7, 11) is 0. The van der Waals surface area contributed by atoms with E-state index in [4.69, 9.17) is 4.74 Å². The molecule has 0 unspecified atom stereocenters. The van der Waals surface area contributed by atoms with Gasteiger partial charge in [0.2, 0.25) is 0 Å². The number of nitrogens with zero attached hydrogens (tertiary/aromatic N) is 4. The minimum Gasteiger partial charge on any atom is -0.484 e. The average Bonchev–Trinajstić information content (AvgIpc) is 2.88. The zero-order chi connectivity index (χ0) is 21.8. The van der Waals surface area contributed by atoms with E-state index in [1.165, 1.54) is 10.8 Å². The highest BCUT2D eigenvalue weighted by Crippen LogP contribution is 2.27. The van der Waals surface area contributed by atoms with Crippen LogP contribution < -0.4 is 9.64 Å². The van der Waals surface area contributed by atoms with Crippen LogP contribution in [0.4, 0.5) is 5.82 Å². The molecule has 3 aromatic carbocycles. The van der Waals surface area contributed by atoms with Crippen molar-refractivity contribution in [2.24, 2.45) is 0 Å². The SMILES string of the molecule is O=C(COc1ccccc1)N1CCN(c2ccc(-c3cccc4ccccc34)nn2)CC1. The maximum atomic E-state index is 12.5. The van der Waals surface area contributed by atoms with Gasteiger partial charge in [-0.3, -0.25) is 4.79 Å². The molecule has 1 saturated heterocycles. The number of benzene rings is 3. The van der Waals surface area contributed by atoms with Gasteiger partial charge in [0.15, 0.2) is 12.4 Å². The highest BCUT2D eigenvalue weighted by Gasteiger charge is 2.22. The summed E-state index contributed by atoms with van der Waals surface area (Å²) in [6, 6.07) is 28.0. The zero-order valence-corrected chi connectivity index (χ0v) is 17.7. The molecule has 4 aromatic rings. The quantitative estimate of drug-likeness (QED) is 0.484. The van der Waals surface area contributed by atoms with Crippen molar-refractivity contribution >= 4 is 22.5 Å². The number of fused-ring (bicyclic) bond motifs is 1. The van der Waals surface area contributed by atoms with Crippen LogP contribution in [0.1, 0.15) is 0 Å². The van der Waals surface area contributed by atoms with Crippen LogP contribution in [0.15, 0.2) is 84.9 Å². The van der Waals surface area contributed by atoms with Crippen LogP contribution >= 0.6 is 0 Å². The maximum Gasteiger partial charge on any atom is 0.260 e. The van der Waals surface area contributed by atoms with Crippen molar-refractivity contribution in [3.63, 3.8) is 0 Å². The van der Waals surface area contributed by atoms with Crippen LogP contribution in [0.3, 0.4) is 0 Å². The van der Waals surface area contributed by atoms with Crippen LogP contribution in [0, 0.1) is 0 Å². The Morgan fingerprint density at radius 2 is 1.53 bits per heavy atom. The highest BCUT2D eigenvalue weighted by molar-refractivity contribution is 5.95. The fourth-order valence-corrected chi connectivity index (χ4v) is 4.02. The molecule has 0 saturated carbocycles. The summed E-state index contributed by atoms with van der Waals surface area (Å²) in [6.45, 7) is 2.79. The normalized spacial score (nSPS) is 13.9. The molecule has 1 fully saturated rings. The van der Waals surface area contributed by atoms with Crippen LogP contribution in [-0.4, -0.2) is 53.8 Å². The Labute approximate surface area is 187 Å². The van der Waals surface area contributed by atoms with Crippen molar-refractivity contribution in [1.82, 2.24) is 15.1 Å². The fourth-order valence-electron chi connectivity index (χ4n) is 4.02. The van der Waals surface area contributed by atoms with Gasteiger partial charge in [-0.15, -0.1) is 10.2 Å². The van der Waals surface area contributed by atoms with Gasteiger partial charge in [0.1, 0.15) is 5.75 Å². The molecular weight excluding hydrogens is 400 g/mol. The second-order valence-electron chi connectivity index (χ2n) is 7.77. The largest absolute Gasteiger partial charge is 0.484 e. The van der Waals surface area contributed by atoms with Crippen LogP contribution in [0.2, 0.25) is 0 Å². The topological polar surface area (TPSA) is 58.6 Å². The van der Waals surface area contributed by atoms with Crippen molar-refractivity contribution in [2.45, 2.75) is 0 Å². The summed E-state index contributed by atoms with van der Waals surface area (Å²) < 4.78 is 5.59. The number of carbonyl (C=O) groups is 1. The Bertz CT molecular complexity index is 1200. The molecule has 1 aliphatic rings. The molecule has 0 atom stereocenters. The summed E-state index contributed by atoms with van der Waals surface area (Å²) in [5.41, 5.74) is 1.94. The average molecular weight is 425 g/mol. The number of para-hydroxylation sites is 1. The summed E-state index contributed by atoms with van der Waals surface area (Å²) in [5.74, 6) is 1.55. The van der Waals surface area contributed by atoms with Gasteiger partial charge in [-0.1, -0.05) is 60.7 Å². The molecule has 0 N–H and O–H groups in total. The molecule has 6 nitrogen and oxygen atoms in total. The lowest BCUT2D eigenvalue weighted by molar-refractivity contribution is -0.133. The lowest BCUT2D eigenvalue weighted by atomic mass is 10.0. The summed E-state index contributed by atoms with van der Waals surface area (Å²) in [6.07, 6.45) is 0. The summed E-state index contributed by atoms with van der Waals surface area (Å²) in [5, 5.41) is 11.3. The molecule has 0 bridgehead atoms. The van der Waals surface area contributed by atoms with E-state index in [1.54, 1.807) is 0 Å². The Balaban J connectivity index is 1.20. The Kier molecular flexibility index (Phi) is 5.66.